The third-order valence-corrected chi connectivity index (χ3v) is 5.66. The van der Waals surface area contributed by atoms with Crippen LogP contribution in [0.3, 0.4) is 0 Å². The van der Waals surface area contributed by atoms with Crippen LogP contribution in [0.2, 0.25) is 0 Å². The van der Waals surface area contributed by atoms with Crippen LogP contribution in [0.5, 0.6) is 0 Å². The molecular formula is C20H25N3O4. The van der Waals surface area contributed by atoms with Crippen LogP contribution in [-0.2, 0) is 14.4 Å². The Labute approximate surface area is 158 Å². The lowest BCUT2D eigenvalue weighted by molar-refractivity contribution is -0.145. The number of nitrogens with one attached hydrogen (secondary N) is 1. The minimum Gasteiger partial charge on any atom is -0.324 e. The summed E-state index contributed by atoms with van der Waals surface area (Å²) in [6.45, 7) is 5.34. The fourth-order valence-electron chi connectivity index (χ4n) is 3.85. The Hall–Kier alpha value is -2.70. The highest BCUT2D eigenvalue weighted by Gasteiger charge is 2.49. The second-order valence-corrected chi connectivity index (χ2v) is 7.47. The molecule has 1 heterocycles. The normalized spacial score (nSPS) is 23.1. The van der Waals surface area contributed by atoms with Crippen molar-refractivity contribution < 1.29 is 19.2 Å². The number of benzene rings is 1. The summed E-state index contributed by atoms with van der Waals surface area (Å²) in [5.41, 5.74) is 2.57. The Morgan fingerprint density at radius 2 is 1.81 bits per heavy atom. The highest BCUT2D eigenvalue weighted by atomic mass is 16.2. The molecule has 1 aliphatic heterocycles. The lowest BCUT2D eigenvalue weighted by Crippen LogP contribution is -2.46. The van der Waals surface area contributed by atoms with Crippen LogP contribution in [-0.4, -0.2) is 46.1 Å². The number of nitrogens with zero attached hydrogens (tertiary/aromatic N) is 2. The van der Waals surface area contributed by atoms with Gasteiger partial charge in [0.1, 0.15) is 6.54 Å². The van der Waals surface area contributed by atoms with Gasteiger partial charge < -0.3 is 5.32 Å². The van der Waals surface area contributed by atoms with E-state index in [1.807, 2.05) is 32.9 Å². The number of carbonyl (C=O) groups excluding carboxylic acids is 4. The van der Waals surface area contributed by atoms with E-state index in [0.717, 1.165) is 40.2 Å². The summed E-state index contributed by atoms with van der Waals surface area (Å²) < 4.78 is 0. The Morgan fingerprint density at radius 3 is 2.52 bits per heavy atom. The fraction of sp³-hybridized carbons (Fsp3) is 0.500. The third kappa shape index (κ3) is 3.59. The summed E-state index contributed by atoms with van der Waals surface area (Å²) in [6.07, 6.45) is 3.61. The second-order valence-electron chi connectivity index (χ2n) is 7.47. The van der Waals surface area contributed by atoms with Crippen molar-refractivity contribution in [1.82, 2.24) is 9.80 Å². The summed E-state index contributed by atoms with van der Waals surface area (Å²) in [5.74, 6) is -2.09. The fourth-order valence-corrected chi connectivity index (χ4v) is 3.85. The van der Waals surface area contributed by atoms with Crippen LogP contribution < -0.4 is 5.32 Å². The van der Waals surface area contributed by atoms with E-state index in [0.29, 0.717) is 12.1 Å². The quantitative estimate of drug-likeness (QED) is 0.651. The molecule has 1 aliphatic carbocycles. The first kappa shape index (κ1) is 19.1. The highest BCUT2D eigenvalue weighted by Crippen LogP contribution is 2.31. The maximum Gasteiger partial charge on any atom is 0.334 e. The van der Waals surface area contributed by atoms with Gasteiger partial charge in [-0.1, -0.05) is 31.9 Å². The Balaban J connectivity index is 1.72. The maximum atomic E-state index is 12.7. The highest BCUT2D eigenvalue weighted by molar-refractivity contribution is 6.45. The van der Waals surface area contributed by atoms with E-state index in [-0.39, 0.29) is 12.0 Å². The van der Waals surface area contributed by atoms with Gasteiger partial charge in [-0.15, -0.1) is 0 Å². The summed E-state index contributed by atoms with van der Waals surface area (Å²) in [7, 11) is 0. The number of rotatable bonds is 4. The number of aryl methyl sites for hydroxylation is 1. The van der Waals surface area contributed by atoms with Crippen molar-refractivity contribution in [3.05, 3.63) is 29.3 Å². The zero-order chi connectivity index (χ0) is 19.7. The number of hydrogen-bond donors (Lipinski definition) is 1. The topological polar surface area (TPSA) is 86.8 Å². The van der Waals surface area contributed by atoms with Gasteiger partial charge in [0.25, 0.3) is 0 Å². The monoisotopic (exact) mass is 371 g/mol. The van der Waals surface area contributed by atoms with Crippen molar-refractivity contribution in [2.75, 3.05) is 11.9 Å². The van der Waals surface area contributed by atoms with Crippen LogP contribution in [0, 0.1) is 19.8 Å². The first-order valence-electron chi connectivity index (χ1n) is 9.36. The van der Waals surface area contributed by atoms with Crippen molar-refractivity contribution in [3.63, 3.8) is 0 Å². The van der Waals surface area contributed by atoms with Crippen LogP contribution >= 0.6 is 0 Å². The zero-order valence-electron chi connectivity index (χ0n) is 15.9. The van der Waals surface area contributed by atoms with Crippen molar-refractivity contribution in [1.29, 1.82) is 0 Å². The standard InChI is InChI=1S/C20H25N3O4/c1-12-8-6-9-15(14(12)3)21-17(24)11-22-18(25)19(26)23(20(22)27)16-10-5-4-7-13(16)2/h6,8-9,13,16H,4-5,7,10-11H2,1-3H3,(H,21,24)/t13-,16-/m0/s1. The van der Waals surface area contributed by atoms with Gasteiger partial charge in [0, 0.05) is 11.7 Å². The number of amides is 5. The molecule has 0 aromatic heterocycles. The van der Waals surface area contributed by atoms with Gasteiger partial charge in [-0.2, -0.15) is 0 Å². The van der Waals surface area contributed by atoms with E-state index in [2.05, 4.69) is 5.32 Å². The molecule has 0 radical (unpaired) electrons. The van der Waals surface area contributed by atoms with Gasteiger partial charge in [0.15, 0.2) is 0 Å². The number of hydrogen-bond acceptors (Lipinski definition) is 4. The molecule has 5 amide bonds. The van der Waals surface area contributed by atoms with Gasteiger partial charge in [-0.05, 0) is 49.8 Å². The Bertz CT molecular complexity index is 804. The first-order valence-corrected chi connectivity index (χ1v) is 9.36. The smallest absolute Gasteiger partial charge is 0.324 e. The van der Waals surface area contributed by atoms with E-state index < -0.39 is 30.3 Å². The molecule has 1 aromatic carbocycles. The van der Waals surface area contributed by atoms with Gasteiger partial charge >= 0.3 is 17.8 Å². The van der Waals surface area contributed by atoms with Gasteiger partial charge in [0.2, 0.25) is 5.91 Å². The molecule has 0 bridgehead atoms. The molecule has 7 nitrogen and oxygen atoms in total. The average Bonchev–Trinajstić information content (AvgIpc) is 2.83. The van der Waals surface area contributed by atoms with E-state index in [4.69, 9.17) is 0 Å². The van der Waals surface area contributed by atoms with Crippen LogP contribution in [0.4, 0.5) is 10.5 Å². The van der Waals surface area contributed by atoms with Crippen molar-refractivity contribution >= 4 is 29.4 Å². The summed E-state index contributed by atoms with van der Waals surface area (Å²) in [4.78, 5) is 51.6. The van der Waals surface area contributed by atoms with Crippen molar-refractivity contribution in [2.24, 2.45) is 5.92 Å². The molecule has 144 valence electrons. The predicted octanol–water partition coefficient (Wildman–Crippen LogP) is 2.61. The summed E-state index contributed by atoms with van der Waals surface area (Å²) in [6, 6.07) is 4.56. The van der Waals surface area contributed by atoms with Crippen molar-refractivity contribution in [2.45, 2.75) is 52.5 Å². The number of anilines is 1. The van der Waals surface area contributed by atoms with E-state index in [9.17, 15) is 19.2 Å². The second kappa shape index (κ2) is 7.50. The number of carbonyl (C=O) groups is 4. The maximum absolute atomic E-state index is 12.7. The predicted molar refractivity (Wildman–Crippen MR) is 99.9 cm³/mol. The van der Waals surface area contributed by atoms with Gasteiger partial charge in [0.05, 0.1) is 0 Å². The lowest BCUT2D eigenvalue weighted by Gasteiger charge is -2.34. The molecule has 1 N–H and O–H groups in total. The Kier molecular flexibility index (Phi) is 5.30. The molecule has 1 saturated carbocycles. The molecule has 0 spiro atoms. The minimum absolute atomic E-state index is 0.156. The SMILES string of the molecule is Cc1cccc(NC(=O)CN2C(=O)C(=O)N([C@H]3CCCC[C@@H]3C)C2=O)c1C. The molecule has 3 rings (SSSR count). The number of urea groups is 1. The van der Waals surface area contributed by atoms with Gasteiger partial charge in [-0.3, -0.25) is 19.3 Å². The summed E-state index contributed by atoms with van der Waals surface area (Å²) >= 11 is 0. The first-order chi connectivity index (χ1) is 12.8. The lowest BCUT2D eigenvalue weighted by atomic mass is 9.85. The molecular weight excluding hydrogens is 346 g/mol. The van der Waals surface area contributed by atoms with Crippen LogP contribution in [0.25, 0.3) is 0 Å². The zero-order valence-corrected chi connectivity index (χ0v) is 15.9. The Morgan fingerprint density at radius 1 is 1.11 bits per heavy atom. The number of imide groups is 2. The van der Waals surface area contributed by atoms with E-state index >= 15 is 0 Å². The molecule has 2 aliphatic rings. The molecule has 7 heteroatoms. The summed E-state index contributed by atoms with van der Waals surface area (Å²) in [5, 5.41) is 2.72. The van der Waals surface area contributed by atoms with Crippen LogP contribution in [0.15, 0.2) is 18.2 Å². The van der Waals surface area contributed by atoms with E-state index in [1.165, 1.54) is 0 Å². The van der Waals surface area contributed by atoms with Crippen molar-refractivity contribution in [3.8, 4) is 0 Å². The minimum atomic E-state index is -0.922. The average molecular weight is 371 g/mol. The van der Waals surface area contributed by atoms with Gasteiger partial charge in [-0.25, -0.2) is 9.69 Å². The molecule has 1 aromatic rings. The van der Waals surface area contributed by atoms with Crippen LogP contribution in [0.1, 0.15) is 43.7 Å². The molecule has 0 unspecified atom stereocenters. The molecule has 2 fully saturated rings. The molecule has 2 atom stereocenters. The third-order valence-electron chi connectivity index (χ3n) is 5.66. The van der Waals surface area contributed by atoms with E-state index in [1.54, 1.807) is 6.07 Å². The molecule has 27 heavy (non-hydrogen) atoms. The largest absolute Gasteiger partial charge is 0.334 e. The molecule has 1 saturated heterocycles.